The van der Waals surface area contributed by atoms with Gasteiger partial charge in [-0.25, -0.2) is 4.90 Å². The van der Waals surface area contributed by atoms with Gasteiger partial charge in [-0.15, -0.1) is 0 Å². The third-order valence-electron chi connectivity index (χ3n) is 7.99. The Morgan fingerprint density at radius 3 is 2.31 bits per heavy atom. The Morgan fingerprint density at radius 1 is 1.09 bits per heavy atom. The Morgan fingerprint density at radius 2 is 1.74 bits per heavy atom. The third kappa shape index (κ3) is 4.56. The zero-order valence-electron chi connectivity index (χ0n) is 21.0. The van der Waals surface area contributed by atoms with Gasteiger partial charge in [-0.2, -0.15) is 0 Å². The summed E-state index contributed by atoms with van der Waals surface area (Å²) >= 11 is 6.15. The molecule has 6 nitrogen and oxygen atoms in total. The first-order valence-corrected chi connectivity index (χ1v) is 12.5. The second-order valence-corrected chi connectivity index (χ2v) is 10.9. The van der Waals surface area contributed by atoms with Gasteiger partial charge in [0.15, 0.2) is 0 Å². The Balaban J connectivity index is 1.60. The highest BCUT2D eigenvalue weighted by atomic mass is 35.5. The molecule has 0 radical (unpaired) electrons. The van der Waals surface area contributed by atoms with Gasteiger partial charge in [-0.3, -0.25) is 14.4 Å². The molecule has 1 atom stereocenters. The van der Waals surface area contributed by atoms with Crippen molar-refractivity contribution in [2.75, 3.05) is 18.1 Å². The van der Waals surface area contributed by atoms with Gasteiger partial charge in [0.1, 0.15) is 11.8 Å². The Kier molecular flexibility index (Phi) is 6.71. The molecule has 1 saturated heterocycles. The van der Waals surface area contributed by atoms with E-state index in [0.717, 1.165) is 5.56 Å². The summed E-state index contributed by atoms with van der Waals surface area (Å²) in [6.45, 7) is 11.1. The van der Waals surface area contributed by atoms with Crippen LogP contribution in [0.5, 0.6) is 5.75 Å². The predicted molar refractivity (Wildman–Crippen MR) is 136 cm³/mol. The quantitative estimate of drug-likeness (QED) is 0.475. The summed E-state index contributed by atoms with van der Waals surface area (Å²) in [7, 11) is 0. The maximum Gasteiger partial charge on any atom is 0.257 e. The monoisotopic (exact) mass is 496 g/mol. The SMILES string of the molecule is CCOc1ccc(N2C(=O)CC(N(CCc3cccc(Cl)c3)C(=O)C3C(C)(C)C3(C)C)C2=O)cc1. The minimum absolute atomic E-state index is 0.0269. The van der Waals surface area contributed by atoms with Crippen LogP contribution in [0.4, 0.5) is 5.69 Å². The zero-order valence-corrected chi connectivity index (χ0v) is 21.8. The van der Waals surface area contributed by atoms with Crippen LogP contribution >= 0.6 is 11.6 Å². The average molecular weight is 497 g/mol. The second-order valence-electron chi connectivity index (χ2n) is 10.5. The van der Waals surface area contributed by atoms with E-state index >= 15 is 0 Å². The number of rotatable bonds is 8. The molecular formula is C28H33ClN2O4. The van der Waals surface area contributed by atoms with Crippen molar-refractivity contribution < 1.29 is 19.1 Å². The first kappa shape index (κ1) is 25.2. The van der Waals surface area contributed by atoms with E-state index < -0.39 is 6.04 Å². The second kappa shape index (κ2) is 9.30. The molecule has 1 unspecified atom stereocenters. The fourth-order valence-electron chi connectivity index (χ4n) is 5.33. The van der Waals surface area contributed by atoms with E-state index in [1.54, 1.807) is 35.2 Å². The number of nitrogens with zero attached hydrogens (tertiary/aromatic N) is 2. The topological polar surface area (TPSA) is 66.9 Å². The highest BCUT2D eigenvalue weighted by Gasteiger charge is 2.69. The predicted octanol–water partition coefficient (Wildman–Crippen LogP) is 5.12. The molecule has 2 aromatic rings. The molecule has 2 aliphatic rings. The number of ether oxygens (including phenoxy) is 1. The van der Waals surface area contributed by atoms with Crippen molar-refractivity contribution in [2.24, 2.45) is 16.7 Å². The van der Waals surface area contributed by atoms with E-state index in [9.17, 15) is 14.4 Å². The Hall–Kier alpha value is -2.86. The number of benzene rings is 2. The van der Waals surface area contributed by atoms with Crippen LogP contribution in [0.3, 0.4) is 0 Å². The van der Waals surface area contributed by atoms with Crippen LogP contribution in [0.1, 0.15) is 46.6 Å². The minimum Gasteiger partial charge on any atom is -0.494 e. The summed E-state index contributed by atoms with van der Waals surface area (Å²) in [6.07, 6.45) is 0.516. The number of amides is 3. The molecule has 1 aliphatic heterocycles. The number of carbonyl (C=O) groups is 3. The zero-order chi connectivity index (χ0) is 25.5. The van der Waals surface area contributed by atoms with Gasteiger partial charge >= 0.3 is 0 Å². The van der Waals surface area contributed by atoms with Crippen LogP contribution in [0.25, 0.3) is 0 Å². The van der Waals surface area contributed by atoms with Crippen molar-refractivity contribution in [2.45, 2.75) is 53.5 Å². The van der Waals surface area contributed by atoms with Crippen molar-refractivity contribution in [3.63, 3.8) is 0 Å². The molecule has 186 valence electrons. The number of carbonyl (C=O) groups excluding carboxylic acids is 3. The molecule has 0 aromatic heterocycles. The maximum atomic E-state index is 13.8. The van der Waals surface area contributed by atoms with Gasteiger partial charge in [0.05, 0.1) is 18.7 Å². The van der Waals surface area contributed by atoms with Gasteiger partial charge in [0, 0.05) is 17.5 Å². The maximum absolute atomic E-state index is 13.8. The first-order valence-electron chi connectivity index (χ1n) is 12.1. The number of halogens is 1. The van der Waals surface area contributed by atoms with Gasteiger partial charge in [-0.05, 0) is 66.1 Å². The molecule has 0 bridgehead atoms. The molecule has 1 heterocycles. The van der Waals surface area contributed by atoms with Crippen molar-refractivity contribution in [1.29, 1.82) is 0 Å². The van der Waals surface area contributed by atoms with E-state index in [4.69, 9.17) is 16.3 Å². The fraction of sp³-hybridized carbons (Fsp3) is 0.464. The van der Waals surface area contributed by atoms with E-state index in [0.29, 0.717) is 36.0 Å². The van der Waals surface area contributed by atoms with Gasteiger partial charge in [-0.1, -0.05) is 51.4 Å². The van der Waals surface area contributed by atoms with Gasteiger partial charge < -0.3 is 9.64 Å². The molecule has 4 rings (SSSR count). The van der Waals surface area contributed by atoms with Crippen LogP contribution in [0.15, 0.2) is 48.5 Å². The van der Waals surface area contributed by atoms with Crippen LogP contribution < -0.4 is 9.64 Å². The summed E-state index contributed by atoms with van der Waals surface area (Å²) in [5.74, 6) is -0.282. The number of imide groups is 1. The van der Waals surface area contributed by atoms with Crippen LogP contribution in [-0.2, 0) is 20.8 Å². The molecular weight excluding hydrogens is 464 g/mol. The highest BCUT2D eigenvalue weighted by Crippen LogP contribution is 2.69. The van der Waals surface area contributed by atoms with Gasteiger partial charge in [0.2, 0.25) is 11.8 Å². The molecule has 35 heavy (non-hydrogen) atoms. The van der Waals surface area contributed by atoms with E-state index in [1.165, 1.54) is 4.90 Å². The van der Waals surface area contributed by atoms with Crippen LogP contribution in [0.2, 0.25) is 5.02 Å². The van der Waals surface area contributed by atoms with Crippen molar-refractivity contribution in [1.82, 2.24) is 4.90 Å². The molecule has 3 amide bonds. The molecule has 1 saturated carbocycles. The lowest BCUT2D eigenvalue weighted by atomic mass is 10.0. The smallest absolute Gasteiger partial charge is 0.257 e. The number of hydrogen-bond acceptors (Lipinski definition) is 4. The van der Waals surface area contributed by atoms with E-state index in [2.05, 4.69) is 27.7 Å². The normalized spacial score (nSPS) is 20.7. The Bertz CT molecular complexity index is 1130. The van der Waals surface area contributed by atoms with Crippen molar-refractivity contribution in [3.05, 3.63) is 59.1 Å². The lowest BCUT2D eigenvalue weighted by molar-refractivity contribution is -0.140. The molecule has 0 N–H and O–H groups in total. The first-order chi connectivity index (χ1) is 16.5. The van der Waals surface area contributed by atoms with Crippen LogP contribution in [-0.4, -0.2) is 41.8 Å². The van der Waals surface area contributed by atoms with Crippen LogP contribution in [0, 0.1) is 16.7 Å². The van der Waals surface area contributed by atoms with Gasteiger partial charge in [0.25, 0.3) is 5.91 Å². The Labute approximate surface area is 212 Å². The van der Waals surface area contributed by atoms with E-state index in [-0.39, 0.29) is 40.9 Å². The highest BCUT2D eigenvalue weighted by molar-refractivity contribution is 6.30. The summed E-state index contributed by atoms with van der Waals surface area (Å²) in [6, 6.07) is 13.5. The lowest BCUT2D eigenvalue weighted by Gasteiger charge is -2.29. The van der Waals surface area contributed by atoms with Crippen molar-refractivity contribution >= 4 is 35.0 Å². The average Bonchev–Trinajstić information content (AvgIpc) is 3.02. The molecule has 2 aromatic carbocycles. The summed E-state index contributed by atoms with van der Waals surface area (Å²) in [5.41, 5.74) is 1.10. The molecule has 1 aliphatic carbocycles. The lowest BCUT2D eigenvalue weighted by Crippen LogP contribution is -2.47. The minimum atomic E-state index is -0.826. The summed E-state index contributed by atoms with van der Waals surface area (Å²) in [4.78, 5) is 43.2. The molecule has 7 heteroatoms. The van der Waals surface area contributed by atoms with E-state index in [1.807, 2.05) is 25.1 Å². The fourth-order valence-corrected chi connectivity index (χ4v) is 5.54. The number of anilines is 1. The van der Waals surface area contributed by atoms with Crippen molar-refractivity contribution in [3.8, 4) is 5.75 Å². The summed E-state index contributed by atoms with van der Waals surface area (Å²) < 4.78 is 5.47. The standard InChI is InChI=1S/C28H33ClN2O4/c1-6-35-21-12-10-20(11-13-21)31-23(32)17-22(25(31)33)30(15-14-18-8-7-9-19(29)16-18)26(34)24-27(2,3)28(24,4)5/h7-13,16,22,24H,6,14-15,17H2,1-5H3. The third-order valence-corrected chi connectivity index (χ3v) is 8.22. The number of hydrogen-bond donors (Lipinski definition) is 0. The largest absolute Gasteiger partial charge is 0.494 e. The molecule has 2 fully saturated rings. The summed E-state index contributed by atoms with van der Waals surface area (Å²) in [5, 5.41) is 0.624. The molecule has 0 spiro atoms.